The fourth-order valence-corrected chi connectivity index (χ4v) is 5.26. The second kappa shape index (κ2) is 3.30. The average Bonchev–Trinajstić information content (AvgIpc) is 1.92. The van der Waals surface area contributed by atoms with E-state index in [1.807, 2.05) is 0 Å². The molecule has 1 heterocycles. The summed E-state index contributed by atoms with van der Waals surface area (Å²) in [6.45, 7) is 5.95. The third-order valence-electron chi connectivity index (χ3n) is 3.59. The van der Waals surface area contributed by atoms with Gasteiger partial charge in [-0.25, -0.2) is 0 Å². The minimum Gasteiger partial charge on any atom is -0.171 e. The molecule has 0 aromatic heterocycles. The molecule has 0 nitrogen and oxygen atoms in total. The molecule has 0 radical (unpaired) electrons. The van der Waals surface area contributed by atoms with Crippen LogP contribution in [0.1, 0.15) is 19.8 Å². The molecule has 1 aliphatic heterocycles. The van der Waals surface area contributed by atoms with Crippen molar-refractivity contribution in [1.29, 1.82) is 0 Å². The van der Waals surface area contributed by atoms with Crippen molar-refractivity contribution in [2.45, 2.75) is 50.6 Å². The number of alkyl halides is 3. The highest BCUT2D eigenvalue weighted by Crippen LogP contribution is 2.48. The van der Waals surface area contributed by atoms with Gasteiger partial charge in [-0.15, -0.1) is 0 Å². The zero-order valence-corrected chi connectivity index (χ0v) is 9.41. The Labute approximate surface area is 78.5 Å². The van der Waals surface area contributed by atoms with Gasteiger partial charge in [0.1, 0.15) is 0 Å². The lowest BCUT2D eigenvalue weighted by Crippen LogP contribution is -2.43. The molecule has 4 heteroatoms. The van der Waals surface area contributed by atoms with Crippen LogP contribution in [0.4, 0.5) is 13.2 Å². The SMILES string of the molecule is CC1C(C(F)(F)F)CCC[Si]1(C)C. The van der Waals surface area contributed by atoms with Gasteiger partial charge in [-0.2, -0.15) is 13.2 Å². The van der Waals surface area contributed by atoms with Crippen molar-refractivity contribution in [3.8, 4) is 0 Å². The average molecular weight is 210 g/mol. The molecule has 1 saturated heterocycles. The van der Waals surface area contributed by atoms with Crippen LogP contribution in [0.25, 0.3) is 0 Å². The quantitative estimate of drug-likeness (QED) is 0.529. The first-order valence-electron chi connectivity index (χ1n) is 4.82. The van der Waals surface area contributed by atoms with E-state index < -0.39 is 20.2 Å². The highest BCUT2D eigenvalue weighted by molar-refractivity contribution is 6.78. The molecule has 2 unspecified atom stereocenters. The first-order valence-corrected chi connectivity index (χ1v) is 8.10. The first-order chi connectivity index (χ1) is 5.75. The van der Waals surface area contributed by atoms with Crippen LogP contribution >= 0.6 is 0 Å². The van der Waals surface area contributed by atoms with E-state index in [9.17, 15) is 13.2 Å². The number of rotatable bonds is 0. The second-order valence-corrected chi connectivity index (χ2v) is 10.2. The monoisotopic (exact) mass is 210 g/mol. The normalized spacial score (nSPS) is 34.6. The maximum Gasteiger partial charge on any atom is 0.391 e. The standard InChI is InChI=1S/C9H17F3Si/c1-7-8(9(10,11)12)5-4-6-13(7,2)3/h7-8H,4-6H2,1-3H3. The molecule has 1 rings (SSSR count). The molecule has 0 saturated carbocycles. The maximum atomic E-state index is 12.6. The van der Waals surface area contributed by atoms with Gasteiger partial charge in [0.25, 0.3) is 0 Å². The molecule has 0 amide bonds. The van der Waals surface area contributed by atoms with Gasteiger partial charge in [0.05, 0.1) is 14.0 Å². The van der Waals surface area contributed by atoms with Crippen molar-refractivity contribution in [3.05, 3.63) is 0 Å². The van der Waals surface area contributed by atoms with E-state index in [2.05, 4.69) is 13.1 Å². The predicted molar refractivity (Wildman–Crippen MR) is 50.5 cm³/mol. The zero-order valence-electron chi connectivity index (χ0n) is 8.41. The summed E-state index contributed by atoms with van der Waals surface area (Å²) in [6, 6.07) is 1.06. The molecular weight excluding hydrogens is 193 g/mol. The van der Waals surface area contributed by atoms with Gasteiger partial charge in [0.15, 0.2) is 0 Å². The van der Waals surface area contributed by atoms with Gasteiger partial charge >= 0.3 is 6.18 Å². The van der Waals surface area contributed by atoms with Crippen LogP contribution in [-0.4, -0.2) is 14.3 Å². The van der Waals surface area contributed by atoms with Crippen molar-refractivity contribution in [2.75, 3.05) is 0 Å². The summed E-state index contributed by atoms with van der Waals surface area (Å²) in [4.78, 5) is 0. The van der Waals surface area contributed by atoms with Gasteiger partial charge in [-0.1, -0.05) is 32.5 Å². The van der Waals surface area contributed by atoms with Gasteiger partial charge in [0, 0.05) is 0 Å². The van der Waals surface area contributed by atoms with Crippen molar-refractivity contribution >= 4 is 8.07 Å². The molecule has 0 spiro atoms. The lowest BCUT2D eigenvalue weighted by molar-refractivity contribution is -0.178. The first kappa shape index (κ1) is 11.1. The van der Waals surface area contributed by atoms with Crippen molar-refractivity contribution in [2.24, 2.45) is 5.92 Å². The fourth-order valence-electron chi connectivity index (χ4n) is 2.25. The zero-order chi connectivity index (χ0) is 10.3. The van der Waals surface area contributed by atoms with Crippen LogP contribution in [0, 0.1) is 5.92 Å². The third kappa shape index (κ3) is 2.27. The highest BCUT2D eigenvalue weighted by Gasteiger charge is 2.49. The van der Waals surface area contributed by atoms with E-state index in [1.54, 1.807) is 6.92 Å². The van der Waals surface area contributed by atoms with Crippen LogP contribution in [0.5, 0.6) is 0 Å². The Bertz CT molecular complexity index is 186. The van der Waals surface area contributed by atoms with Crippen molar-refractivity contribution in [3.63, 3.8) is 0 Å². The highest BCUT2D eigenvalue weighted by atomic mass is 28.3. The van der Waals surface area contributed by atoms with Crippen LogP contribution < -0.4 is 0 Å². The van der Waals surface area contributed by atoms with Crippen LogP contribution in [0.3, 0.4) is 0 Å². The lowest BCUT2D eigenvalue weighted by Gasteiger charge is -2.41. The summed E-state index contributed by atoms with van der Waals surface area (Å²) in [7, 11) is -1.59. The van der Waals surface area contributed by atoms with Crippen LogP contribution in [-0.2, 0) is 0 Å². The topological polar surface area (TPSA) is 0 Å². The van der Waals surface area contributed by atoms with Gasteiger partial charge in [-0.05, 0) is 12.0 Å². The molecule has 1 fully saturated rings. The molecule has 0 aliphatic carbocycles. The second-order valence-electron chi connectivity index (χ2n) is 4.82. The molecule has 0 aromatic rings. The molecule has 78 valence electrons. The minimum absolute atomic E-state index is 0.110. The van der Waals surface area contributed by atoms with E-state index in [0.29, 0.717) is 6.42 Å². The molecule has 2 atom stereocenters. The van der Waals surface area contributed by atoms with E-state index in [1.165, 1.54) is 0 Å². The lowest BCUT2D eigenvalue weighted by atomic mass is 9.99. The summed E-state index contributed by atoms with van der Waals surface area (Å²) >= 11 is 0. The Kier molecular flexibility index (Phi) is 2.81. The molecular formula is C9H17F3Si. The molecule has 1 aliphatic rings. The summed E-state index contributed by atoms with van der Waals surface area (Å²) in [5, 5.41) is 0. The number of hydrogen-bond acceptors (Lipinski definition) is 0. The summed E-state index contributed by atoms with van der Waals surface area (Å²) in [6.07, 6.45) is -2.85. The van der Waals surface area contributed by atoms with Crippen molar-refractivity contribution < 1.29 is 13.2 Å². The Balaban J connectivity index is 2.77. The van der Waals surface area contributed by atoms with Crippen LogP contribution in [0.2, 0.25) is 24.7 Å². The Morgan fingerprint density at radius 2 is 1.77 bits per heavy atom. The van der Waals surface area contributed by atoms with Gasteiger partial charge < -0.3 is 0 Å². The van der Waals surface area contributed by atoms with E-state index >= 15 is 0 Å². The summed E-state index contributed by atoms with van der Waals surface area (Å²) < 4.78 is 37.7. The summed E-state index contributed by atoms with van der Waals surface area (Å²) in [5.74, 6) is -1.03. The number of hydrogen-bond donors (Lipinski definition) is 0. The number of halogens is 3. The third-order valence-corrected chi connectivity index (χ3v) is 8.10. The fraction of sp³-hybridized carbons (Fsp3) is 1.00. The molecule has 0 bridgehead atoms. The minimum atomic E-state index is -3.97. The predicted octanol–water partition coefficient (Wildman–Crippen LogP) is 4.06. The Morgan fingerprint density at radius 3 is 2.15 bits per heavy atom. The molecule has 0 aromatic carbocycles. The summed E-state index contributed by atoms with van der Waals surface area (Å²) in [5.41, 5.74) is -0.110. The largest absolute Gasteiger partial charge is 0.391 e. The Morgan fingerprint density at radius 1 is 1.23 bits per heavy atom. The smallest absolute Gasteiger partial charge is 0.171 e. The van der Waals surface area contributed by atoms with Crippen molar-refractivity contribution in [1.82, 2.24) is 0 Å². The molecule has 13 heavy (non-hydrogen) atoms. The Hall–Kier alpha value is 0.00688. The molecule has 0 N–H and O–H groups in total. The van der Waals surface area contributed by atoms with Crippen LogP contribution in [0.15, 0.2) is 0 Å². The van der Waals surface area contributed by atoms with Gasteiger partial charge in [0.2, 0.25) is 0 Å². The van der Waals surface area contributed by atoms with E-state index in [-0.39, 0.29) is 5.54 Å². The van der Waals surface area contributed by atoms with Gasteiger partial charge in [-0.3, -0.25) is 0 Å². The van der Waals surface area contributed by atoms with E-state index in [0.717, 1.165) is 12.5 Å². The maximum absolute atomic E-state index is 12.6. The van der Waals surface area contributed by atoms with E-state index in [4.69, 9.17) is 0 Å².